The molecule has 0 radical (unpaired) electrons. The number of halogens is 1. The fourth-order valence-electron chi connectivity index (χ4n) is 1.79. The van der Waals surface area contributed by atoms with Gasteiger partial charge in [-0.05, 0) is 32.0 Å². The van der Waals surface area contributed by atoms with Gasteiger partial charge in [-0.3, -0.25) is 4.79 Å². The molecule has 3 N–H and O–H groups in total. The molecule has 0 aromatic heterocycles. The second kappa shape index (κ2) is 6.86. The van der Waals surface area contributed by atoms with Crippen molar-refractivity contribution in [2.24, 2.45) is 0 Å². The molecule has 0 unspecified atom stereocenters. The largest absolute Gasteiger partial charge is 0.398 e. The molecule has 1 aromatic carbocycles. The Balaban J connectivity index is 3.05. The number of anilines is 1. The Kier molecular flexibility index (Phi) is 5.68. The van der Waals surface area contributed by atoms with Crippen molar-refractivity contribution < 1.29 is 17.6 Å². The molecule has 0 aliphatic rings. The molecule has 8 heteroatoms. The van der Waals surface area contributed by atoms with Gasteiger partial charge in [-0.25, -0.2) is 12.8 Å². The molecular weight excluding hydrogens is 297 g/mol. The topological polar surface area (TPSA) is 92.5 Å². The maximum Gasteiger partial charge on any atom is 0.245 e. The first-order valence-corrected chi connectivity index (χ1v) is 7.97. The summed E-state index contributed by atoms with van der Waals surface area (Å²) in [5, 5.41) is 2.62. The van der Waals surface area contributed by atoms with Gasteiger partial charge in [0.1, 0.15) is 10.7 Å². The van der Waals surface area contributed by atoms with Crippen molar-refractivity contribution >= 4 is 21.6 Å². The maximum atomic E-state index is 13.0. The quantitative estimate of drug-likeness (QED) is 0.764. The fraction of sp³-hybridized carbons (Fsp3) is 0.462. The number of nitrogen functional groups attached to an aromatic ring is 1. The van der Waals surface area contributed by atoms with E-state index in [-0.39, 0.29) is 29.7 Å². The van der Waals surface area contributed by atoms with Crippen molar-refractivity contribution in [1.82, 2.24) is 9.62 Å². The van der Waals surface area contributed by atoms with E-state index in [1.807, 2.05) is 0 Å². The van der Waals surface area contributed by atoms with Crippen LogP contribution in [-0.4, -0.2) is 37.8 Å². The molecule has 1 rings (SSSR count). The lowest BCUT2D eigenvalue weighted by atomic mass is 10.3. The van der Waals surface area contributed by atoms with Crippen LogP contribution in [0.1, 0.15) is 20.8 Å². The Labute approximate surface area is 124 Å². The third-order valence-corrected chi connectivity index (χ3v) is 4.71. The number of sulfonamides is 1. The minimum Gasteiger partial charge on any atom is -0.398 e. The molecule has 0 atom stereocenters. The van der Waals surface area contributed by atoms with E-state index in [9.17, 15) is 17.6 Å². The highest BCUT2D eigenvalue weighted by Gasteiger charge is 2.27. The minimum absolute atomic E-state index is 0.0881. The SMILES string of the molecule is CCN(CC(=O)NC(C)C)S(=O)(=O)c1ccc(F)cc1N. The smallest absolute Gasteiger partial charge is 0.245 e. The molecular formula is C13H20FN3O3S. The standard InChI is InChI=1S/C13H20FN3O3S/c1-4-17(8-13(18)16-9(2)3)21(19,20)12-6-5-10(14)7-11(12)15/h5-7,9H,4,8,15H2,1-3H3,(H,16,18). The first-order chi connectivity index (χ1) is 9.68. The lowest BCUT2D eigenvalue weighted by molar-refractivity contribution is -0.121. The van der Waals surface area contributed by atoms with E-state index in [0.29, 0.717) is 0 Å². The van der Waals surface area contributed by atoms with Crippen molar-refractivity contribution in [1.29, 1.82) is 0 Å². The van der Waals surface area contributed by atoms with Gasteiger partial charge in [0, 0.05) is 12.6 Å². The number of nitrogens with one attached hydrogen (secondary N) is 1. The molecule has 1 amide bonds. The number of nitrogens with zero attached hydrogens (tertiary/aromatic N) is 1. The summed E-state index contributed by atoms with van der Waals surface area (Å²) in [5.74, 6) is -1.02. The van der Waals surface area contributed by atoms with Crippen molar-refractivity contribution in [3.8, 4) is 0 Å². The summed E-state index contributed by atoms with van der Waals surface area (Å²) in [6.45, 7) is 4.96. The molecule has 0 spiro atoms. The molecule has 0 aliphatic heterocycles. The first kappa shape index (κ1) is 17.4. The molecule has 1 aromatic rings. The van der Waals surface area contributed by atoms with Crippen molar-refractivity contribution in [2.45, 2.75) is 31.7 Å². The predicted octanol–water partition coefficient (Wildman–Crippen LogP) is 0.943. The van der Waals surface area contributed by atoms with E-state index in [0.717, 1.165) is 22.5 Å². The lowest BCUT2D eigenvalue weighted by Crippen LogP contribution is -2.42. The lowest BCUT2D eigenvalue weighted by Gasteiger charge is -2.21. The second-order valence-corrected chi connectivity index (χ2v) is 6.74. The Morgan fingerprint density at radius 1 is 1.43 bits per heavy atom. The monoisotopic (exact) mass is 317 g/mol. The van der Waals surface area contributed by atoms with Crippen LogP contribution in [0.25, 0.3) is 0 Å². The van der Waals surface area contributed by atoms with Crippen molar-refractivity contribution in [3.05, 3.63) is 24.0 Å². The van der Waals surface area contributed by atoms with Gasteiger partial charge in [0.15, 0.2) is 0 Å². The van der Waals surface area contributed by atoms with E-state index < -0.39 is 21.7 Å². The Morgan fingerprint density at radius 3 is 2.52 bits per heavy atom. The minimum atomic E-state index is -3.95. The summed E-state index contributed by atoms with van der Waals surface area (Å²) in [5.41, 5.74) is 5.38. The van der Waals surface area contributed by atoms with Crippen LogP contribution in [0, 0.1) is 5.82 Å². The summed E-state index contributed by atoms with van der Waals surface area (Å²) < 4.78 is 38.9. The molecule has 6 nitrogen and oxygen atoms in total. The molecule has 0 aliphatic carbocycles. The van der Waals surface area contributed by atoms with E-state index in [1.165, 1.54) is 0 Å². The number of rotatable bonds is 6. The first-order valence-electron chi connectivity index (χ1n) is 6.53. The van der Waals surface area contributed by atoms with E-state index in [4.69, 9.17) is 5.73 Å². The van der Waals surface area contributed by atoms with Crippen LogP contribution >= 0.6 is 0 Å². The molecule has 0 saturated heterocycles. The highest BCUT2D eigenvalue weighted by molar-refractivity contribution is 7.89. The third-order valence-electron chi connectivity index (χ3n) is 2.71. The number of carbonyl (C=O) groups excluding carboxylic acids is 1. The number of amides is 1. The fourth-order valence-corrected chi connectivity index (χ4v) is 3.29. The average molecular weight is 317 g/mol. The van der Waals surface area contributed by atoms with Crippen LogP contribution in [0.4, 0.5) is 10.1 Å². The van der Waals surface area contributed by atoms with Crippen LogP contribution in [0.15, 0.2) is 23.1 Å². The van der Waals surface area contributed by atoms with Crippen molar-refractivity contribution in [3.63, 3.8) is 0 Å². The molecule has 0 saturated carbocycles. The zero-order chi connectivity index (χ0) is 16.2. The summed E-state index contributed by atoms with van der Waals surface area (Å²) in [6.07, 6.45) is 0. The summed E-state index contributed by atoms with van der Waals surface area (Å²) in [4.78, 5) is 11.5. The van der Waals surface area contributed by atoms with Crippen LogP contribution in [0.5, 0.6) is 0 Å². The van der Waals surface area contributed by atoms with Crippen LogP contribution in [-0.2, 0) is 14.8 Å². The highest BCUT2D eigenvalue weighted by Crippen LogP contribution is 2.22. The van der Waals surface area contributed by atoms with Crippen molar-refractivity contribution in [2.75, 3.05) is 18.8 Å². The van der Waals surface area contributed by atoms with Crippen LogP contribution < -0.4 is 11.1 Å². The molecule has 0 bridgehead atoms. The number of hydrogen-bond donors (Lipinski definition) is 2. The summed E-state index contributed by atoms with van der Waals surface area (Å²) >= 11 is 0. The molecule has 118 valence electrons. The highest BCUT2D eigenvalue weighted by atomic mass is 32.2. The third kappa shape index (κ3) is 4.40. The van der Waals surface area contributed by atoms with Gasteiger partial charge in [-0.2, -0.15) is 4.31 Å². The van der Waals surface area contributed by atoms with Crippen LogP contribution in [0.3, 0.4) is 0 Å². The maximum absolute atomic E-state index is 13.0. The summed E-state index contributed by atoms with van der Waals surface area (Å²) in [6, 6.07) is 2.97. The summed E-state index contributed by atoms with van der Waals surface area (Å²) in [7, 11) is -3.95. The van der Waals surface area contributed by atoms with Crippen LogP contribution in [0.2, 0.25) is 0 Å². The number of carbonyl (C=O) groups is 1. The Bertz CT molecular complexity index is 617. The van der Waals surface area contributed by atoms with Gasteiger partial charge in [0.25, 0.3) is 0 Å². The zero-order valence-corrected chi connectivity index (χ0v) is 13.1. The van der Waals surface area contributed by atoms with Gasteiger partial charge >= 0.3 is 0 Å². The second-order valence-electron chi connectivity index (χ2n) is 4.84. The van der Waals surface area contributed by atoms with Gasteiger partial charge in [-0.1, -0.05) is 6.92 Å². The van der Waals surface area contributed by atoms with Gasteiger partial charge in [-0.15, -0.1) is 0 Å². The molecule has 21 heavy (non-hydrogen) atoms. The Hall–Kier alpha value is -1.67. The number of hydrogen-bond acceptors (Lipinski definition) is 4. The molecule has 0 heterocycles. The number of likely N-dealkylation sites (N-methyl/N-ethyl adjacent to an activating group) is 1. The number of benzene rings is 1. The van der Waals surface area contributed by atoms with Gasteiger partial charge < -0.3 is 11.1 Å². The predicted molar refractivity (Wildman–Crippen MR) is 78.5 cm³/mol. The van der Waals surface area contributed by atoms with Gasteiger partial charge in [0.2, 0.25) is 15.9 Å². The van der Waals surface area contributed by atoms with E-state index in [2.05, 4.69) is 5.32 Å². The normalized spacial score (nSPS) is 11.9. The van der Waals surface area contributed by atoms with E-state index in [1.54, 1.807) is 20.8 Å². The zero-order valence-electron chi connectivity index (χ0n) is 12.3. The number of nitrogens with two attached hydrogens (primary N) is 1. The Morgan fingerprint density at radius 2 is 2.05 bits per heavy atom. The molecule has 0 fully saturated rings. The van der Waals surface area contributed by atoms with E-state index >= 15 is 0 Å². The average Bonchev–Trinajstić information content (AvgIpc) is 2.34. The van der Waals surface area contributed by atoms with Gasteiger partial charge in [0.05, 0.1) is 12.2 Å².